The number of hydrogen-bond acceptors (Lipinski definition) is 1. The van der Waals surface area contributed by atoms with E-state index in [1.807, 2.05) is 0 Å². The van der Waals surface area contributed by atoms with E-state index in [-0.39, 0.29) is 8.80 Å². The van der Waals surface area contributed by atoms with Crippen LogP contribution in [0.3, 0.4) is 0 Å². The van der Waals surface area contributed by atoms with E-state index in [4.69, 9.17) is 0 Å². The third-order valence-electron chi connectivity index (χ3n) is 2.64. The van der Waals surface area contributed by atoms with Crippen LogP contribution in [-0.4, -0.2) is 34.3 Å². The van der Waals surface area contributed by atoms with Crippen LogP contribution in [0.15, 0.2) is 0 Å². The molecule has 0 aliphatic heterocycles. The lowest BCUT2D eigenvalue weighted by molar-refractivity contribution is 0.389. The van der Waals surface area contributed by atoms with Crippen LogP contribution in [0.1, 0.15) is 38.5 Å². The molecule has 0 aliphatic carbocycles. The molecule has 0 fully saturated rings. The first-order valence-corrected chi connectivity index (χ1v) is 9.40. The number of rotatable bonds is 9. The summed E-state index contributed by atoms with van der Waals surface area (Å²) in [6, 6.07) is 1.55. The summed E-state index contributed by atoms with van der Waals surface area (Å²) in [7, 11) is 4.06. The van der Waals surface area contributed by atoms with Crippen molar-refractivity contribution >= 4 is 8.80 Å². The van der Waals surface area contributed by atoms with Crippen LogP contribution < -0.4 is 0 Å². The Morgan fingerprint density at radius 2 is 1.29 bits per heavy atom. The molecular weight excluding hydrogens is 186 g/mol. The number of unbranched alkanes of at least 4 members (excludes halogenated alkanes) is 5. The van der Waals surface area contributed by atoms with Gasteiger partial charge in [-0.2, -0.15) is 0 Å². The van der Waals surface area contributed by atoms with Gasteiger partial charge in [0.15, 0.2) is 0 Å². The Bertz CT molecular complexity index is 98.9. The topological polar surface area (TPSA) is 3.24 Å². The fourth-order valence-electron chi connectivity index (χ4n) is 1.69. The zero-order chi connectivity index (χ0) is 10.8. The molecule has 0 aromatic carbocycles. The zero-order valence-corrected chi connectivity index (χ0v) is 11.8. The van der Waals surface area contributed by atoms with E-state index in [0.717, 1.165) is 0 Å². The molecule has 0 atom stereocenters. The van der Waals surface area contributed by atoms with Crippen molar-refractivity contribution < 1.29 is 0 Å². The zero-order valence-electron chi connectivity index (χ0n) is 10.7. The third-order valence-corrected chi connectivity index (χ3v) is 4.20. The molecular formula is C12H29NSi. The standard InChI is InChI=1S/C12H29NSi/c1-13(2)11-9-7-5-6-8-10-12-14(3)4/h14H,5-12H2,1-4H3. The summed E-state index contributed by atoms with van der Waals surface area (Å²) in [6.07, 6.45) is 8.70. The van der Waals surface area contributed by atoms with Crippen LogP contribution in [-0.2, 0) is 0 Å². The monoisotopic (exact) mass is 215 g/mol. The first-order chi connectivity index (χ1) is 6.63. The fraction of sp³-hybridized carbons (Fsp3) is 1.00. The van der Waals surface area contributed by atoms with E-state index in [0.29, 0.717) is 0 Å². The minimum atomic E-state index is -0.256. The third kappa shape index (κ3) is 12.2. The largest absolute Gasteiger partial charge is 0.309 e. The molecule has 2 heteroatoms. The van der Waals surface area contributed by atoms with Gasteiger partial charge < -0.3 is 4.90 Å². The van der Waals surface area contributed by atoms with Gasteiger partial charge in [0, 0.05) is 8.80 Å². The molecule has 1 nitrogen and oxygen atoms in total. The first-order valence-electron chi connectivity index (χ1n) is 6.27. The van der Waals surface area contributed by atoms with Gasteiger partial charge in [0.25, 0.3) is 0 Å². The van der Waals surface area contributed by atoms with Crippen LogP contribution >= 0.6 is 0 Å². The van der Waals surface area contributed by atoms with E-state index < -0.39 is 0 Å². The van der Waals surface area contributed by atoms with Gasteiger partial charge in [0.2, 0.25) is 0 Å². The first kappa shape index (κ1) is 14.2. The van der Waals surface area contributed by atoms with Crippen molar-refractivity contribution in [1.29, 1.82) is 0 Å². The van der Waals surface area contributed by atoms with Crippen LogP contribution in [0.2, 0.25) is 19.1 Å². The molecule has 0 spiro atoms. The second kappa shape index (κ2) is 9.72. The molecule has 0 saturated heterocycles. The van der Waals surface area contributed by atoms with Gasteiger partial charge in [-0.25, -0.2) is 0 Å². The molecule has 0 N–H and O–H groups in total. The van der Waals surface area contributed by atoms with Crippen molar-refractivity contribution in [2.45, 2.75) is 57.7 Å². The molecule has 0 bridgehead atoms. The lowest BCUT2D eigenvalue weighted by Gasteiger charge is -2.08. The van der Waals surface area contributed by atoms with Crippen molar-refractivity contribution in [3.8, 4) is 0 Å². The maximum atomic E-state index is 2.46. The average Bonchev–Trinajstić information content (AvgIpc) is 2.08. The summed E-state index contributed by atoms with van der Waals surface area (Å²) in [5, 5.41) is 0. The Kier molecular flexibility index (Phi) is 9.84. The van der Waals surface area contributed by atoms with Crippen molar-refractivity contribution in [3.05, 3.63) is 0 Å². The van der Waals surface area contributed by atoms with E-state index in [2.05, 4.69) is 32.1 Å². The molecule has 0 radical (unpaired) electrons. The van der Waals surface area contributed by atoms with Crippen molar-refractivity contribution in [1.82, 2.24) is 4.90 Å². The van der Waals surface area contributed by atoms with E-state index in [1.165, 1.54) is 45.1 Å². The average molecular weight is 215 g/mol. The Morgan fingerprint density at radius 3 is 1.79 bits per heavy atom. The fourth-order valence-corrected chi connectivity index (χ4v) is 2.79. The van der Waals surface area contributed by atoms with Crippen LogP contribution in [0.4, 0.5) is 0 Å². The van der Waals surface area contributed by atoms with Crippen LogP contribution in [0.5, 0.6) is 0 Å². The second-order valence-electron chi connectivity index (χ2n) is 5.11. The summed E-state index contributed by atoms with van der Waals surface area (Å²) in [6.45, 7) is 6.17. The second-order valence-corrected chi connectivity index (χ2v) is 8.47. The molecule has 0 amide bonds. The van der Waals surface area contributed by atoms with Crippen molar-refractivity contribution in [2.75, 3.05) is 20.6 Å². The highest BCUT2D eigenvalue weighted by molar-refractivity contribution is 6.55. The number of hydrogen-bond donors (Lipinski definition) is 0. The minimum Gasteiger partial charge on any atom is -0.309 e. The normalized spacial score (nSPS) is 11.6. The molecule has 0 aromatic rings. The summed E-state index contributed by atoms with van der Waals surface area (Å²) in [4.78, 5) is 2.28. The Labute approximate surface area is 92.5 Å². The smallest absolute Gasteiger partial charge is 0.0305 e. The molecule has 86 valence electrons. The van der Waals surface area contributed by atoms with Gasteiger partial charge in [-0.1, -0.05) is 51.2 Å². The van der Waals surface area contributed by atoms with Crippen LogP contribution in [0.25, 0.3) is 0 Å². The molecule has 0 heterocycles. The van der Waals surface area contributed by atoms with Gasteiger partial charge in [0.1, 0.15) is 0 Å². The predicted octanol–water partition coefficient (Wildman–Crippen LogP) is 3.38. The highest BCUT2D eigenvalue weighted by Gasteiger charge is 1.96. The summed E-state index contributed by atoms with van der Waals surface area (Å²) in [5.41, 5.74) is 0. The minimum absolute atomic E-state index is 0.256. The summed E-state index contributed by atoms with van der Waals surface area (Å²) >= 11 is 0. The SMILES string of the molecule is CN(C)CCCCCCCC[SiH](C)C. The number of nitrogens with zero attached hydrogens (tertiary/aromatic N) is 1. The predicted molar refractivity (Wildman–Crippen MR) is 69.9 cm³/mol. The van der Waals surface area contributed by atoms with E-state index >= 15 is 0 Å². The summed E-state index contributed by atoms with van der Waals surface area (Å²) in [5.74, 6) is 0. The van der Waals surface area contributed by atoms with Crippen molar-refractivity contribution in [2.24, 2.45) is 0 Å². The lowest BCUT2D eigenvalue weighted by atomic mass is 10.1. The molecule has 0 rings (SSSR count). The van der Waals surface area contributed by atoms with E-state index in [9.17, 15) is 0 Å². The molecule has 14 heavy (non-hydrogen) atoms. The molecule has 0 saturated carbocycles. The summed E-state index contributed by atoms with van der Waals surface area (Å²) < 4.78 is 0. The van der Waals surface area contributed by atoms with E-state index in [1.54, 1.807) is 6.04 Å². The maximum absolute atomic E-state index is 2.46. The highest BCUT2D eigenvalue weighted by Crippen LogP contribution is 2.09. The maximum Gasteiger partial charge on any atom is 0.0305 e. The van der Waals surface area contributed by atoms with Gasteiger partial charge in [0.05, 0.1) is 0 Å². The van der Waals surface area contributed by atoms with Crippen LogP contribution in [0, 0.1) is 0 Å². The molecule has 0 aromatic heterocycles. The van der Waals surface area contributed by atoms with Gasteiger partial charge in [-0.05, 0) is 27.1 Å². The van der Waals surface area contributed by atoms with Crippen molar-refractivity contribution in [3.63, 3.8) is 0 Å². The Hall–Kier alpha value is 0.177. The van der Waals surface area contributed by atoms with Gasteiger partial charge in [-0.3, -0.25) is 0 Å². The Morgan fingerprint density at radius 1 is 0.786 bits per heavy atom. The van der Waals surface area contributed by atoms with Gasteiger partial charge in [-0.15, -0.1) is 0 Å². The lowest BCUT2D eigenvalue weighted by Crippen LogP contribution is -2.12. The molecule has 0 unspecified atom stereocenters. The molecule has 0 aliphatic rings. The Balaban J connectivity index is 2.92. The quantitative estimate of drug-likeness (QED) is 0.421. The highest BCUT2D eigenvalue weighted by atomic mass is 28.3. The van der Waals surface area contributed by atoms with Gasteiger partial charge >= 0.3 is 0 Å².